The molecule has 2 aromatic heterocycles. The summed E-state index contributed by atoms with van der Waals surface area (Å²) in [6.07, 6.45) is 4.83. The Bertz CT molecular complexity index is 1120. The van der Waals surface area contributed by atoms with Crippen molar-refractivity contribution in [1.82, 2.24) is 24.6 Å². The maximum atomic E-state index is 12.9. The summed E-state index contributed by atoms with van der Waals surface area (Å²) in [6.45, 7) is 8.20. The lowest BCUT2D eigenvalue weighted by atomic mass is 9.83. The van der Waals surface area contributed by atoms with Crippen molar-refractivity contribution >= 4 is 17.8 Å². The molecule has 37 heavy (non-hydrogen) atoms. The zero-order valence-electron chi connectivity index (χ0n) is 22.0. The number of aliphatic hydroxyl groups is 1. The first-order valence-corrected chi connectivity index (χ1v) is 12.6. The number of unbranched alkanes of at least 4 members (excludes halogenated alkanes) is 1. The topological polar surface area (TPSA) is 136 Å². The number of aliphatic hydroxyl groups excluding tert-OH is 1. The van der Waals surface area contributed by atoms with E-state index in [1.165, 1.54) is 11.1 Å². The monoisotopic (exact) mass is 510 g/mol. The summed E-state index contributed by atoms with van der Waals surface area (Å²) in [6, 6.07) is 10.1. The van der Waals surface area contributed by atoms with Crippen molar-refractivity contribution in [1.29, 1.82) is 0 Å². The summed E-state index contributed by atoms with van der Waals surface area (Å²) in [4.78, 5) is 31.4. The Morgan fingerprint density at radius 2 is 1.92 bits per heavy atom. The Hall–Kier alpha value is -3.66. The second-order valence-electron chi connectivity index (χ2n) is 10.4. The van der Waals surface area contributed by atoms with Crippen molar-refractivity contribution in [2.24, 2.45) is 5.41 Å². The first-order valence-electron chi connectivity index (χ1n) is 12.6. The van der Waals surface area contributed by atoms with E-state index in [-0.39, 0.29) is 0 Å². The summed E-state index contributed by atoms with van der Waals surface area (Å²) in [7, 11) is 0. The van der Waals surface area contributed by atoms with E-state index in [1.807, 2.05) is 68.8 Å². The molecule has 10 nitrogen and oxygen atoms in total. The molecule has 2 heterocycles. The Labute approximate surface area is 217 Å². The third-order valence-electron chi connectivity index (χ3n) is 6.46. The van der Waals surface area contributed by atoms with Crippen LogP contribution in [0.25, 0.3) is 0 Å². The highest BCUT2D eigenvalue weighted by molar-refractivity contribution is 5.94. The van der Waals surface area contributed by atoms with Gasteiger partial charge in [-0.2, -0.15) is 5.10 Å². The molecule has 0 saturated carbocycles. The normalized spacial score (nSPS) is 14.1. The van der Waals surface area contributed by atoms with Crippen LogP contribution in [0.15, 0.2) is 55.1 Å². The van der Waals surface area contributed by atoms with Gasteiger partial charge in [0.2, 0.25) is 0 Å². The van der Waals surface area contributed by atoms with Gasteiger partial charge in [0, 0.05) is 25.2 Å². The zero-order chi connectivity index (χ0) is 27.0. The van der Waals surface area contributed by atoms with Crippen LogP contribution in [0.5, 0.6) is 0 Å². The summed E-state index contributed by atoms with van der Waals surface area (Å²) >= 11 is 0. The molecule has 10 heteroatoms. The van der Waals surface area contributed by atoms with Crippen LogP contribution in [-0.4, -0.2) is 65.0 Å². The number of H-pyrrole nitrogens is 1. The Balaban J connectivity index is 1.87. The van der Waals surface area contributed by atoms with Crippen LogP contribution in [0, 0.1) is 5.41 Å². The van der Waals surface area contributed by atoms with Gasteiger partial charge < -0.3 is 20.1 Å². The smallest absolute Gasteiger partial charge is 0.407 e. The van der Waals surface area contributed by atoms with Crippen molar-refractivity contribution in [3.8, 4) is 0 Å². The number of anilines is 1. The van der Waals surface area contributed by atoms with Gasteiger partial charge in [-0.3, -0.25) is 14.8 Å². The molecule has 3 rings (SSSR count). The van der Waals surface area contributed by atoms with Gasteiger partial charge >= 0.3 is 6.09 Å². The molecule has 200 valence electrons. The number of carbonyl (C=O) groups excluding carboxylic acids is 1. The molecule has 3 aromatic rings. The lowest BCUT2D eigenvalue weighted by Crippen LogP contribution is -2.59. The Morgan fingerprint density at radius 3 is 2.51 bits per heavy atom. The van der Waals surface area contributed by atoms with Crippen molar-refractivity contribution in [2.75, 3.05) is 5.32 Å². The van der Waals surface area contributed by atoms with Crippen LogP contribution in [0.2, 0.25) is 0 Å². The minimum absolute atomic E-state index is 0.328. The number of carbonyl (C=O) groups is 2. The average molecular weight is 511 g/mol. The number of aromatic nitrogens is 4. The van der Waals surface area contributed by atoms with Crippen molar-refractivity contribution in [2.45, 2.75) is 78.1 Å². The van der Waals surface area contributed by atoms with Crippen LogP contribution in [0.1, 0.15) is 58.2 Å². The fourth-order valence-corrected chi connectivity index (χ4v) is 4.46. The van der Waals surface area contributed by atoms with Gasteiger partial charge in [-0.05, 0) is 17.4 Å². The predicted octanol–water partition coefficient (Wildman–Crippen LogP) is 4.15. The van der Waals surface area contributed by atoms with E-state index in [2.05, 4.69) is 20.5 Å². The molecule has 0 aliphatic heterocycles. The van der Waals surface area contributed by atoms with Gasteiger partial charge in [0.25, 0.3) is 5.91 Å². The van der Waals surface area contributed by atoms with Gasteiger partial charge in [-0.25, -0.2) is 9.78 Å². The third-order valence-corrected chi connectivity index (χ3v) is 6.46. The Morgan fingerprint density at radius 1 is 1.19 bits per heavy atom. The molecular formula is C27H38N6O4. The summed E-state index contributed by atoms with van der Waals surface area (Å²) in [5, 5.41) is 30.5. The van der Waals surface area contributed by atoms with Gasteiger partial charge in [0.05, 0.1) is 30.3 Å². The molecule has 0 bridgehead atoms. The van der Waals surface area contributed by atoms with Gasteiger partial charge in [0.15, 0.2) is 6.10 Å². The molecule has 0 aliphatic carbocycles. The van der Waals surface area contributed by atoms with Crippen molar-refractivity contribution < 1.29 is 19.8 Å². The first kappa shape index (κ1) is 27.9. The second-order valence-corrected chi connectivity index (χ2v) is 10.4. The molecule has 4 N–H and O–H groups in total. The molecular weight excluding hydrogens is 472 g/mol. The summed E-state index contributed by atoms with van der Waals surface area (Å²) in [5.74, 6) is -0.353. The number of nitrogens with zero attached hydrogens (tertiary/aromatic N) is 4. The molecule has 0 unspecified atom stereocenters. The molecule has 0 radical (unpaired) electrons. The van der Waals surface area contributed by atoms with E-state index in [1.54, 1.807) is 12.4 Å². The quantitative estimate of drug-likeness (QED) is 0.289. The number of hydrogen-bond donors (Lipinski definition) is 4. The third kappa shape index (κ3) is 7.66. The van der Waals surface area contributed by atoms with Crippen LogP contribution in [0.3, 0.4) is 0 Å². The lowest BCUT2D eigenvalue weighted by molar-refractivity contribution is -0.128. The van der Waals surface area contributed by atoms with E-state index < -0.39 is 35.6 Å². The predicted molar refractivity (Wildman–Crippen MR) is 141 cm³/mol. The number of rotatable bonds is 12. The summed E-state index contributed by atoms with van der Waals surface area (Å²) in [5.41, 5.74) is 1.52. The number of imidazole rings is 1. The lowest BCUT2D eigenvalue weighted by Gasteiger charge is -2.44. The molecule has 0 spiro atoms. The standard InChI is InChI=1S/C27H38N6O4/c1-5-6-12-21(24(34)25(35)30-23-13-14-29-31-23)33(26(36)37)22(27(2,3)4)17-32-16-20(28-18-32)15-19-10-8-7-9-11-19/h7-11,13-14,16,18,21-22,24,34H,5-6,12,15,17H2,1-4H3,(H,36,37)(H2,29,30,31,35)/t21-,22+,24+/m0/s1. The van der Waals surface area contributed by atoms with E-state index in [9.17, 15) is 19.8 Å². The maximum absolute atomic E-state index is 12.9. The number of amides is 2. The first-order chi connectivity index (χ1) is 17.6. The zero-order valence-corrected chi connectivity index (χ0v) is 22.0. The number of nitrogens with one attached hydrogen (secondary N) is 2. The van der Waals surface area contributed by atoms with Crippen molar-refractivity contribution in [3.05, 3.63) is 66.4 Å². The van der Waals surface area contributed by atoms with E-state index in [0.29, 0.717) is 31.6 Å². The van der Waals surface area contributed by atoms with Crippen LogP contribution in [-0.2, 0) is 17.8 Å². The largest absolute Gasteiger partial charge is 0.465 e. The minimum Gasteiger partial charge on any atom is -0.465 e. The number of aromatic amines is 1. The molecule has 1 aromatic carbocycles. The van der Waals surface area contributed by atoms with Crippen molar-refractivity contribution in [3.63, 3.8) is 0 Å². The van der Waals surface area contributed by atoms with E-state index in [0.717, 1.165) is 17.7 Å². The van der Waals surface area contributed by atoms with Gasteiger partial charge in [0.1, 0.15) is 5.82 Å². The average Bonchev–Trinajstić information content (AvgIpc) is 3.52. The minimum atomic E-state index is -1.56. The molecule has 0 saturated heterocycles. The highest BCUT2D eigenvalue weighted by atomic mass is 16.4. The van der Waals surface area contributed by atoms with Gasteiger partial charge in [-0.15, -0.1) is 0 Å². The fourth-order valence-electron chi connectivity index (χ4n) is 4.46. The molecule has 0 fully saturated rings. The van der Waals surface area contributed by atoms with Crippen LogP contribution in [0.4, 0.5) is 10.6 Å². The van der Waals surface area contributed by atoms with E-state index in [4.69, 9.17) is 0 Å². The van der Waals surface area contributed by atoms with Crippen LogP contribution >= 0.6 is 0 Å². The maximum Gasteiger partial charge on any atom is 0.407 e. The van der Waals surface area contributed by atoms with Crippen LogP contribution < -0.4 is 5.32 Å². The number of hydrogen-bond acceptors (Lipinski definition) is 5. The Kier molecular flexibility index (Phi) is 9.46. The highest BCUT2D eigenvalue weighted by Crippen LogP contribution is 2.30. The summed E-state index contributed by atoms with van der Waals surface area (Å²) < 4.78 is 1.89. The fraction of sp³-hybridized carbons (Fsp3) is 0.481. The van der Waals surface area contributed by atoms with E-state index >= 15 is 0 Å². The number of benzene rings is 1. The molecule has 3 atom stereocenters. The highest BCUT2D eigenvalue weighted by Gasteiger charge is 2.42. The SMILES string of the molecule is CCCC[C@@H]([C@@H](O)C(=O)Nc1ccn[nH]1)N(C(=O)O)[C@H](Cn1cnc(Cc2ccccc2)c1)C(C)(C)C. The molecule has 0 aliphatic rings. The van der Waals surface area contributed by atoms with Gasteiger partial charge in [-0.1, -0.05) is 70.9 Å². The number of carboxylic acid groups (broad SMARTS) is 1. The molecule has 2 amide bonds. The second kappa shape index (κ2) is 12.5.